The molecular weight excluding hydrogens is 614 g/mol. The standard InChI is InChI=1S/C33H46ClN5O3S2/c1-26-22-37(43-38-18-13-28-19-31(34)10-9-29(28)25-38)16-5-14-36(24-27-7-3-2-4-8-27)15-6-17-39(23-26)44(40,41)32-11-12-33-30(20-32)21-35-42-33/h9-12,19-21,26-27H,2-8,13-18,22-25H2,1H3/t26-/m1/s1. The fourth-order valence-corrected chi connectivity index (χ4v) is 10.1. The molecule has 1 saturated heterocycles. The average Bonchev–Trinajstić information content (AvgIpc) is 3.48. The highest BCUT2D eigenvalue weighted by Crippen LogP contribution is 2.30. The predicted molar refractivity (Wildman–Crippen MR) is 179 cm³/mol. The highest BCUT2D eigenvalue weighted by molar-refractivity contribution is 7.94. The Balaban J connectivity index is 1.19. The summed E-state index contributed by atoms with van der Waals surface area (Å²) < 4.78 is 40.1. The summed E-state index contributed by atoms with van der Waals surface area (Å²) in [4.78, 5) is 2.93. The van der Waals surface area contributed by atoms with E-state index in [4.69, 9.17) is 16.1 Å². The summed E-state index contributed by atoms with van der Waals surface area (Å²) >= 11 is 8.10. The maximum atomic E-state index is 14.1. The number of rotatable bonds is 6. The van der Waals surface area contributed by atoms with E-state index in [9.17, 15) is 8.42 Å². The van der Waals surface area contributed by atoms with Crippen LogP contribution < -0.4 is 0 Å². The number of hydrogen-bond donors (Lipinski definition) is 0. The lowest BCUT2D eigenvalue weighted by molar-refractivity contribution is 0.182. The maximum Gasteiger partial charge on any atom is 0.243 e. The van der Waals surface area contributed by atoms with Gasteiger partial charge in [0.1, 0.15) is 0 Å². The molecule has 8 nitrogen and oxygen atoms in total. The van der Waals surface area contributed by atoms with Gasteiger partial charge in [0.2, 0.25) is 10.0 Å². The molecule has 1 aliphatic carbocycles. The quantitative estimate of drug-likeness (QED) is 0.271. The van der Waals surface area contributed by atoms with Crippen LogP contribution in [0.5, 0.6) is 0 Å². The molecule has 11 heteroatoms. The van der Waals surface area contributed by atoms with Crippen molar-refractivity contribution >= 4 is 44.7 Å². The Labute approximate surface area is 272 Å². The van der Waals surface area contributed by atoms with Crippen LogP contribution in [0.1, 0.15) is 63.0 Å². The molecule has 0 radical (unpaired) electrons. The third-order valence-electron chi connectivity index (χ3n) is 9.37. The van der Waals surface area contributed by atoms with Gasteiger partial charge in [-0.15, -0.1) is 0 Å². The first-order chi connectivity index (χ1) is 21.3. The van der Waals surface area contributed by atoms with Gasteiger partial charge in [0, 0.05) is 68.4 Å². The van der Waals surface area contributed by atoms with Crippen molar-refractivity contribution in [3.63, 3.8) is 0 Å². The van der Waals surface area contributed by atoms with Crippen molar-refractivity contribution in [2.75, 3.05) is 52.4 Å². The van der Waals surface area contributed by atoms with E-state index in [1.807, 2.05) is 18.2 Å². The Morgan fingerprint density at radius 2 is 1.73 bits per heavy atom. The van der Waals surface area contributed by atoms with Crippen molar-refractivity contribution < 1.29 is 12.9 Å². The molecular formula is C33H46ClN5O3S2. The van der Waals surface area contributed by atoms with Gasteiger partial charge >= 0.3 is 0 Å². The van der Waals surface area contributed by atoms with Crippen molar-refractivity contribution in [1.82, 2.24) is 23.0 Å². The average molecular weight is 660 g/mol. The van der Waals surface area contributed by atoms with E-state index in [-0.39, 0.29) is 5.92 Å². The Morgan fingerprint density at radius 3 is 2.57 bits per heavy atom. The first kappa shape index (κ1) is 32.3. The molecule has 1 saturated carbocycles. The van der Waals surface area contributed by atoms with Crippen LogP contribution in [-0.4, -0.2) is 83.7 Å². The van der Waals surface area contributed by atoms with Crippen LogP contribution in [0.2, 0.25) is 5.02 Å². The van der Waals surface area contributed by atoms with E-state index >= 15 is 0 Å². The van der Waals surface area contributed by atoms with Gasteiger partial charge in [-0.2, -0.15) is 4.31 Å². The minimum Gasteiger partial charge on any atom is -0.356 e. The van der Waals surface area contributed by atoms with Crippen molar-refractivity contribution in [2.24, 2.45) is 11.8 Å². The lowest BCUT2D eigenvalue weighted by Gasteiger charge is -2.36. The van der Waals surface area contributed by atoms with Crippen LogP contribution in [0.25, 0.3) is 11.0 Å². The fraction of sp³-hybridized carbons (Fsp3) is 0.606. The Bertz CT molecular complexity index is 1500. The zero-order valence-corrected chi connectivity index (χ0v) is 28.3. The van der Waals surface area contributed by atoms with Gasteiger partial charge < -0.3 is 9.42 Å². The molecule has 3 aromatic rings. The zero-order valence-electron chi connectivity index (χ0n) is 25.9. The molecule has 0 spiro atoms. The molecule has 0 N–H and O–H groups in total. The summed E-state index contributed by atoms with van der Waals surface area (Å²) in [5.74, 6) is 0.935. The molecule has 1 atom stereocenters. The van der Waals surface area contributed by atoms with Gasteiger partial charge in [-0.05, 0) is 98.5 Å². The second-order valence-corrected chi connectivity index (χ2v) is 16.6. The minimum atomic E-state index is -3.68. The van der Waals surface area contributed by atoms with Crippen LogP contribution in [0.4, 0.5) is 0 Å². The van der Waals surface area contributed by atoms with E-state index in [0.717, 1.165) is 76.0 Å². The number of fused-ring (bicyclic) bond motifs is 2. The number of benzene rings is 2. The molecule has 2 aliphatic heterocycles. The van der Waals surface area contributed by atoms with Crippen molar-refractivity contribution in [2.45, 2.75) is 69.7 Å². The molecule has 3 aliphatic rings. The van der Waals surface area contributed by atoms with Crippen LogP contribution in [0, 0.1) is 11.8 Å². The molecule has 2 fully saturated rings. The Morgan fingerprint density at radius 1 is 0.909 bits per heavy atom. The number of hydrogen-bond acceptors (Lipinski definition) is 8. The zero-order chi connectivity index (χ0) is 30.5. The van der Waals surface area contributed by atoms with Gasteiger partial charge in [-0.1, -0.05) is 49.0 Å². The van der Waals surface area contributed by atoms with E-state index in [2.05, 4.69) is 37.7 Å². The van der Waals surface area contributed by atoms with Gasteiger partial charge in [-0.3, -0.25) is 0 Å². The van der Waals surface area contributed by atoms with E-state index in [1.165, 1.54) is 43.2 Å². The highest BCUT2D eigenvalue weighted by Gasteiger charge is 2.29. The van der Waals surface area contributed by atoms with Gasteiger partial charge in [0.15, 0.2) is 5.58 Å². The lowest BCUT2D eigenvalue weighted by Crippen LogP contribution is -2.42. The van der Waals surface area contributed by atoms with E-state index in [1.54, 1.807) is 28.7 Å². The van der Waals surface area contributed by atoms with Crippen molar-refractivity contribution in [3.05, 3.63) is 58.7 Å². The summed E-state index contributed by atoms with van der Waals surface area (Å²) in [6, 6.07) is 11.3. The van der Waals surface area contributed by atoms with E-state index in [0.29, 0.717) is 29.0 Å². The summed E-state index contributed by atoms with van der Waals surface area (Å²) in [6.45, 7) is 9.99. The summed E-state index contributed by atoms with van der Waals surface area (Å²) in [6.07, 6.45) is 11.2. The first-order valence-corrected chi connectivity index (χ1v) is 18.9. The smallest absolute Gasteiger partial charge is 0.243 e. The van der Waals surface area contributed by atoms with Gasteiger partial charge in [0.05, 0.1) is 11.1 Å². The number of nitrogens with zero attached hydrogens (tertiary/aromatic N) is 5. The van der Waals surface area contributed by atoms with Gasteiger partial charge in [0.25, 0.3) is 0 Å². The molecule has 240 valence electrons. The molecule has 2 aromatic carbocycles. The van der Waals surface area contributed by atoms with Crippen LogP contribution in [0.15, 0.2) is 52.0 Å². The molecule has 6 rings (SSSR count). The SMILES string of the molecule is C[C@@H]1CN(SN2CCc3cc(Cl)ccc3C2)CCCN(CC2CCCCC2)CCCN(S(=O)(=O)c2ccc3oncc3c2)C1. The van der Waals surface area contributed by atoms with Crippen molar-refractivity contribution in [1.29, 1.82) is 0 Å². The first-order valence-electron chi connectivity index (χ1n) is 16.4. The molecule has 44 heavy (non-hydrogen) atoms. The number of aromatic nitrogens is 1. The third kappa shape index (κ3) is 8.18. The van der Waals surface area contributed by atoms with Crippen LogP contribution in [-0.2, 0) is 23.0 Å². The number of sulfonamides is 1. The molecule has 0 bridgehead atoms. The summed E-state index contributed by atoms with van der Waals surface area (Å²) in [5, 5.41) is 5.35. The lowest BCUT2D eigenvalue weighted by atomic mass is 9.89. The molecule has 3 heterocycles. The predicted octanol–water partition coefficient (Wildman–Crippen LogP) is 6.71. The highest BCUT2D eigenvalue weighted by atomic mass is 35.5. The van der Waals surface area contributed by atoms with Crippen molar-refractivity contribution in [3.8, 4) is 0 Å². The maximum absolute atomic E-state index is 14.1. The minimum absolute atomic E-state index is 0.172. The van der Waals surface area contributed by atoms with E-state index < -0.39 is 10.0 Å². The largest absolute Gasteiger partial charge is 0.356 e. The second-order valence-electron chi connectivity index (χ2n) is 13.0. The summed E-state index contributed by atoms with van der Waals surface area (Å²) in [7, 11) is -3.68. The summed E-state index contributed by atoms with van der Waals surface area (Å²) in [5.41, 5.74) is 3.29. The Kier molecular flexibility index (Phi) is 10.9. The molecule has 0 unspecified atom stereocenters. The third-order valence-corrected chi connectivity index (χ3v) is 12.6. The van der Waals surface area contributed by atoms with Gasteiger partial charge in [-0.25, -0.2) is 17.0 Å². The van der Waals surface area contributed by atoms with Crippen LogP contribution in [0.3, 0.4) is 0 Å². The molecule has 1 aromatic heterocycles. The fourth-order valence-electron chi connectivity index (χ4n) is 7.09. The Hall–Kier alpha value is -1.66. The normalized spacial score (nSPS) is 23.3. The topological polar surface area (TPSA) is 73.1 Å². The second kappa shape index (κ2) is 14.8. The van der Waals surface area contributed by atoms with Crippen LogP contribution >= 0.6 is 23.7 Å². The number of halogens is 1. The monoisotopic (exact) mass is 659 g/mol. The molecule has 0 amide bonds.